The lowest BCUT2D eigenvalue weighted by Crippen LogP contribution is -2.06. The van der Waals surface area contributed by atoms with Crippen molar-refractivity contribution < 1.29 is 19.0 Å². The first-order valence-corrected chi connectivity index (χ1v) is 8.43. The van der Waals surface area contributed by atoms with Crippen LogP contribution in [0.5, 0.6) is 17.2 Å². The van der Waals surface area contributed by atoms with Crippen LogP contribution in [-0.4, -0.2) is 20.2 Å². The first-order chi connectivity index (χ1) is 12.2. The van der Waals surface area contributed by atoms with E-state index in [0.717, 1.165) is 18.4 Å². The van der Waals surface area contributed by atoms with Crippen LogP contribution in [0.4, 0.5) is 0 Å². The minimum atomic E-state index is -0.398. The van der Waals surface area contributed by atoms with E-state index in [1.807, 2.05) is 24.3 Å². The van der Waals surface area contributed by atoms with Crippen LogP contribution in [-0.2, 0) is 17.6 Å². The van der Waals surface area contributed by atoms with Crippen molar-refractivity contribution in [1.82, 2.24) is 0 Å². The van der Waals surface area contributed by atoms with Crippen molar-refractivity contribution in [1.29, 1.82) is 0 Å². The Kier molecular flexibility index (Phi) is 5.39. The summed E-state index contributed by atoms with van der Waals surface area (Å²) in [6, 6.07) is 11.4. The predicted octanol–water partition coefficient (Wildman–Crippen LogP) is 4.20. The molecule has 0 saturated carbocycles. The van der Waals surface area contributed by atoms with E-state index in [9.17, 15) is 4.79 Å². The smallest absolute Gasteiger partial charge is 0.336 e. The summed E-state index contributed by atoms with van der Waals surface area (Å²) in [5, 5.41) is 0. The van der Waals surface area contributed by atoms with Gasteiger partial charge in [0.1, 0.15) is 5.75 Å². The van der Waals surface area contributed by atoms with Gasteiger partial charge in [-0.05, 0) is 72.7 Å². The van der Waals surface area contributed by atoms with Gasteiger partial charge in [-0.1, -0.05) is 12.1 Å². The summed E-state index contributed by atoms with van der Waals surface area (Å²) < 4.78 is 15.9. The number of rotatable bonds is 5. The van der Waals surface area contributed by atoms with Crippen LogP contribution < -0.4 is 14.2 Å². The summed E-state index contributed by atoms with van der Waals surface area (Å²) in [7, 11) is 3.17. The van der Waals surface area contributed by atoms with E-state index in [1.54, 1.807) is 26.4 Å². The molecule has 4 heteroatoms. The summed E-state index contributed by atoms with van der Waals surface area (Å²) >= 11 is 0. The van der Waals surface area contributed by atoms with Gasteiger partial charge in [0.2, 0.25) is 0 Å². The maximum atomic E-state index is 12.1. The van der Waals surface area contributed by atoms with Gasteiger partial charge in [-0.25, -0.2) is 4.79 Å². The van der Waals surface area contributed by atoms with Gasteiger partial charge in [0.05, 0.1) is 14.2 Å². The number of benzene rings is 2. The number of ether oxygens (including phenoxy) is 3. The zero-order chi connectivity index (χ0) is 17.6. The average Bonchev–Trinajstić information content (AvgIpc) is 2.66. The lowest BCUT2D eigenvalue weighted by molar-refractivity contribution is -0.128. The zero-order valence-electron chi connectivity index (χ0n) is 14.6. The Morgan fingerprint density at radius 2 is 1.68 bits per heavy atom. The third-order valence-corrected chi connectivity index (χ3v) is 4.36. The quantitative estimate of drug-likeness (QED) is 0.466. The van der Waals surface area contributed by atoms with Crippen LogP contribution in [0.25, 0.3) is 6.08 Å². The molecule has 2 aromatic carbocycles. The Morgan fingerprint density at radius 1 is 0.920 bits per heavy atom. The highest BCUT2D eigenvalue weighted by atomic mass is 16.5. The summed E-state index contributed by atoms with van der Waals surface area (Å²) in [4.78, 5) is 12.1. The molecule has 0 bridgehead atoms. The number of hydrogen-bond acceptors (Lipinski definition) is 4. The number of esters is 1. The molecule has 0 unspecified atom stereocenters. The summed E-state index contributed by atoms with van der Waals surface area (Å²) in [5.41, 5.74) is 3.49. The number of carbonyl (C=O) groups is 1. The van der Waals surface area contributed by atoms with E-state index in [1.165, 1.54) is 30.0 Å². The van der Waals surface area contributed by atoms with Gasteiger partial charge >= 0.3 is 5.97 Å². The molecular formula is C21H22O4. The van der Waals surface area contributed by atoms with E-state index in [-0.39, 0.29) is 0 Å². The van der Waals surface area contributed by atoms with Gasteiger partial charge in [0.15, 0.2) is 11.5 Å². The molecule has 0 N–H and O–H groups in total. The first-order valence-electron chi connectivity index (χ1n) is 8.43. The molecule has 0 radical (unpaired) electrons. The molecule has 1 aliphatic carbocycles. The molecule has 0 atom stereocenters. The second kappa shape index (κ2) is 7.88. The Bertz CT molecular complexity index is 792. The maximum absolute atomic E-state index is 12.1. The highest BCUT2D eigenvalue weighted by Crippen LogP contribution is 2.28. The molecule has 0 aliphatic heterocycles. The van der Waals surface area contributed by atoms with E-state index < -0.39 is 5.97 Å². The number of fused-ring (bicyclic) bond motifs is 1. The minimum absolute atomic E-state index is 0.398. The fraction of sp³-hybridized carbons (Fsp3) is 0.286. The van der Waals surface area contributed by atoms with E-state index >= 15 is 0 Å². The number of hydrogen-bond donors (Lipinski definition) is 0. The maximum Gasteiger partial charge on any atom is 0.336 e. The van der Waals surface area contributed by atoms with Crippen LogP contribution in [0.15, 0.2) is 42.5 Å². The summed E-state index contributed by atoms with van der Waals surface area (Å²) in [5.74, 6) is 1.47. The van der Waals surface area contributed by atoms with Gasteiger partial charge < -0.3 is 14.2 Å². The monoisotopic (exact) mass is 338 g/mol. The standard InChI is InChI=1S/C21H22O4/c1-23-19-11-7-15(13-20(19)24-2)8-12-21(22)25-18-10-9-16-5-3-4-6-17(16)14-18/h7-14H,3-6H2,1-2H3/b12-8+. The van der Waals surface area contributed by atoms with Crippen molar-refractivity contribution in [3.63, 3.8) is 0 Å². The Hall–Kier alpha value is -2.75. The van der Waals surface area contributed by atoms with Crippen molar-refractivity contribution in [3.05, 3.63) is 59.2 Å². The zero-order valence-corrected chi connectivity index (χ0v) is 14.6. The molecule has 1 aliphatic rings. The van der Waals surface area contributed by atoms with Gasteiger partial charge in [-0.15, -0.1) is 0 Å². The van der Waals surface area contributed by atoms with Crippen molar-refractivity contribution in [2.24, 2.45) is 0 Å². The molecule has 0 saturated heterocycles. The highest BCUT2D eigenvalue weighted by Gasteiger charge is 2.11. The first kappa shape index (κ1) is 17.1. The molecular weight excluding hydrogens is 316 g/mol. The molecule has 0 fully saturated rings. The molecule has 0 heterocycles. The Balaban J connectivity index is 1.67. The van der Waals surface area contributed by atoms with Crippen LogP contribution in [0, 0.1) is 0 Å². The lowest BCUT2D eigenvalue weighted by Gasteiger charge is -2.16. The van der Waals surface area contributed by atoms with Crippen molar-refractivity contribution in [2.45, 2.75) is 25.7 Å². The van der Waals surface area contributed by atoms with E-state index in [2.05, 4.69) is 6.07 Å². The number of aryl methyl sites for hydroxylation is 2. The van der Waals surface area contributed by atoms with Crippen LogP contribution in [0.1, 0.15) is 29.5 Å². The van der Waals surface area contributed by atoms with Crippen LogP contribution in [0.2, 0.25) is 0 Å². The number of carbonyl (C=O) groups excluding carboxylic acids is 1. The molecule has 0 spiro atoms. The Labute approximate surface area is 148 Å². The average molecular weight is 338 g/mol. The van der Waals surface area contributed by atoms with Gasteiger partial charge in [-0.2, -0.15) is 0 Å². The van der Waals surface area contributed by atoms with E-state index in [4.69, 9.17) is 14.2 Å². The van der Waals surface area contributed by atoms with Crippen LogP contribution >= 0.6 is 0 Å². The molecule has 25 heavy (non-hydrogen) atoms. The third-order valence-electron chi connectivity index (χ3n) is 4.36. The fourth-order valence-electron chi connectivity index (χ4n) is 3.04. The van der Waals surface area contributed by atoms with Crippen molar-refractivity contribution in [2.75, 3.05) is 14.2 Å². The van der Waals surface area contributed by atoms with Gasteiger partial charge in [0, 0.05) is 6.08 Å². The highest BCUT2D eigenvalue weighted by molar-refractivity contribution is 5.88. The third kappa shape index (κ3) is 4.21. The van der Waals surface area contributed by atoms with Gasteiger partial charge in [0.25, 0.3) is 0 Å². The topological polar surface area (TPSA) is 44.8 Å². The van der Waals surface area contributed by atoms with E-state index in [0.29, 0.717) is 17.2 Å². The largest absolute Gasteiger partial charge is 0.493 e. The molecule has 0 amide bonds. The van der Waals surface area contributed by atoms with Crippen molar-refractivity contribution in [3.8, 4) is 17.2 Å². The molecule has 130 valence electrons. The van der Waals surface area contributed by atoms with Gasteiger partial charge in [-0.3, -0.25) is 0 Å². The second-order valence-corrected chi connectivity index (χ2v) is 6.01. The second-order valence-electron chi connectivity index (χ2n) is 6.01. The van der Waals surface area contributed by atoms with Crippen molar-refractivity contribution >= 4 is 12.0 Å². The molecule has 0 aromatic heterocycles. The molecule has 2 aromatic rings. The SMILES string of the molecule is COc1ccc(/C=C/C(=O)Oc2ccc3c(c2)CCCC3)cc1OC. The molecule has 3 rings (SSSR count). The lowest BCUT2D eigenvalue weighted by atomic mass is 9.92. The van der Waals surface area contributed by atoms with Crippen LogP contribution in [0.3, 0.4) is 0 Å². The predicted molar refractivity (Wildman–Crippen MR) is 97.3 cm³/mol. The molecule has 4 nitrogen and oxygen atoms in total. The number of methoxy groups -OCH3 is 2. The minimum Gasteiger partial charge on any atom is -0.493 e. The Morgan fingerprint density at radius 3 is 2.44 bits per heavy atom. The summed E-state index contributed by atoms with van der Waals surface area (Å²) in [6.45, 7) is 0. The summed E-state index contributed by atoms with van der Waals surface area (Å²) in [6.07, 6.45) is 7.72. The fourth-order valence-corrected chi connectivity index (χ4v) is 3.04. The normalized spacial score (nSPS) is 13.4.